The topological polar surface area (TPSA) is 34.1 Å². The highest BCUT2D eigenvalue weighted by molar-refractivity contribution is 7.18. The second kappa shape index (κ2) is 7.69. The summed E-state index contributed by atoms with van der Waals surface area (Å²) in [5.41, 5.74) is 1.09. The molecule has 0 aliphatic heterocycles. The number of hydrogen-bond donors (Lipinski definition) is 1. The lowest BCUT2D eigenvalue weighted by molar-refractivity contribution is 0.146. The molecule has 0 saturated carbocycles. The van der Waals surface area contributed by atoms with Crippen LogP contribution in [0.5, 0.6) is 0 Å². The lowest BCUT2D eigenvalue weighted by Crippen LogP contribution is -2.16. The molecule has 0 atom stereocenters. The molecule has 1 aromatic carbocycles. The van der Waals surface area contributed by atoms with E-state index in [2.05, 4.69) is 22.4 Å². The van der Waals surface area contributed by atoms with Crippen LogP contribution in [0.25, 0.3) is 10.2 Å². The molecular weight excluding hydrogens is 268 g/mol. The van der Waals surface area contributed by atoms with Gasteiger partial charge in [-0.15, -0.1) is 22.9 Å². The standard InChI is InChI=1S/C13H17ClN2OS/c14-6-9-17-8-3-7-15-10-13-16-11-4-1-2-5-12(11)18-13/h1-2,4-5,15H,3,6-10H2. The summed E-state index contributed by atoms with van der Waals surface area (Å²) in [4.78, 5) is 4.57. The Bertz CT molecular complexity index is 442. The van der Waals surface area contributed by atoms with E-state index >= 15 is 0 Å². The van der Waals surface area contributed by atoms with Crippen molar-refractivity contribution in [1.29, 1.82) is 0 Å². The zero-order valence-corrected chi connectivity index (χ0v) is 11.8. The maximum Gasteiger partial charge on any atom is 0.108 e. The van der Waals surface area contributed by atoms with Gasteiger partial charge in [-0.2, -0.15) is 0 Å². The highest BCUT2D eigenvalue weighted by Gasteiger charge is 2.01. The summed E-state index contributed by atoms with van der Waals surface area (Å²) in [6, 6.07) is 8.23. The maximum atomic E-state index is 5.51. The highest BCUT2D eigenvalue weighted by Crippen LogP contribution is 2.21. The Labute approximate surface area is 116 Å². The van der Waals surface area contributed by atoms with Crippen molar-refractivity contribution in [3.05, 3.63) is 29.3 Å². The van der Waals surface area contributed by atoms with Gasteiger partial charge in [-0.3, -0.25) is 0 Å². The number of rotatable bonds is 8. The lowest BCUT2D eigenvalue weighted by atomic mass is 10.3. The number of nitrogens with zero attached hydrogens (tertiary/aromatic N) is 1. The van der Waals surface area contributed by atoms with E-state index in [1.165, 1.54) is 4.70 Å². The lowest BCUT2D eigenvalue weighted by Gasteiger charge is -2.03. The van der Waals surface area contributed by atoms with Crippen LogP contribution in [0.4, 0.5) is 0 Å². The molecule has 0 unspecified atom stereocenters. The Morgan fingerprint density at radius 1 is 1.28 bits per heavy atom. The molecule has 5 heteroatoms. The van der Waals surface area contributed by atoms with E-state index in [4.69, 9.17) is 16.3 Å². The molecule has 18 heavy (non-hydrogen) atoms. The van der Waals surface area contributed by atoms with E-state index < -0.39 is 0 Å². The van der Waals surface area contributed by atoms with Crippen molar-refractivity contribution in [2.45, 2.75) is 13.0 Å². The third-order valence-electron chi connectivity index (χ3n) is 2.48. The van der Waals surface area contributed by atoms with Gasteiger partial charge < -0.3 is 10.1 Å². The first-order valence-corrected chi connectivity index (χ1v) is 7.44. The number of thiazole rings is 1. The fraction of sp³-hybridized carbons (Fsp3) is 0.462. The normalized spacial score (nSPS) is 11.2. The summed E-state index contributed by atoms with van der Waals surface area (Å²) in [5, 5.41) is 4.51. The Hall–Kier alpha value is -0.680. The van der Waals surface area contributed by atoms with Crippen LogP contribution < -0.4 is 5.32 Å². The molecule has 2 rings (SSSR count). The maximum absolute atomic E-state index is 5.51. The second-order valence-electron chi connectivity index (χ2n) is 3.91. The largest absolute Gasteiger partial charge is 0.380 e. The molecule has 3 nitrogen and oxygen atoms in total. The number of para-hydroxylation sites is 1. The third kappa shape index (κ3) is 4.21. The Kier molecular flexibility index (Phi) is 5.87. The molecule has 0 amide bonds. The first-order valence-electron chi connectivity index (χ1n) is 6.09. The van der Waals surface area contributed by atoms with Crippen LogP contribution in [-0.4, -0.2) is 30.6 Å². The zero-order valence-electron chi connectivity index (χ0n) is 10.2. The minimum atomic E-state index is 0.569. The van der Waals surface area contributed by atoms with Gasteiger partial charge in [0.1, 0.15) is 5.01 Å². The third-order valence-corrected chi connectivity index (χ3v) is 3.67. The summed E-state index contributed by atoms with van der Waals surface area (Å²) >= 11 is 7.26. The monoisotopic (exact) mass is 284 g/mol. The molecule has 0 aliphatic rings. The number of alkyl halides is 1. The minimum Gasteiger partial charge on any atom is -0.380 e. The van der Waals surface area contributed by atoms with E-state index in [0.717, 1.165) is 36.6 Å². The molecule has 0 spiro atoms. The fourth-order valence-electron chi connectivity index (χ4n) is 1.65. The molecule has 1 N–H and O–H groups in total. The van der Waals surface area contributed by atoms with Crippen LogP contribution in [0.1, 0.15) is 11.4 Å². The first-order chi connectivity index (χ1) is 8.90. The van der Waals surface area contributed by atoms with Gasteiger partial charge in [-0.05, 0) is 25.1 Å². The molecule has 0 fully saturated rings. The predicted molar refractivity (Wildman–Crippen MR) is 77.5 cm³/mol. The number of ether oxygens (including phenoxy) is 1. The summed E-state index contributed by atoms with van der Waals surface area (Å²) in [5.74, 6) is 0.569. The van der Waals surface area contributed by atoms with E-state index in [0.29, 0.717) is 12.5 Å². The predicted octanol–water partition coefficient (Wildman–Crippen LogP) is 3.03. The van der Waals surface area contributed by atoms with Crippen molar-refractivity contribution in [2.24, 2.45) is 0 Å². The first kappa shape index (κ1) is 13.7. The number of aromatic nitrogens is 1. The van der Waals surface area contributed by atoms with Crippen molar-refractivity contribution >= 4 is 33.2 Å². The van der Waals surface area contributed by atoms with Gasteiger partial charge in [-0.1, -0.05) is 12.1 Å². The second-order valence-corrected chi connectivity index (χ2v) is 5.40. The van der Waals surface area contributed by atoms with Gasteiger partial charge in [0, 0.05) is 19.0 Å². The van der Waals surface area contributed by atoms with Gasteiger partial charge >= 0.3 is 0 Å². The Morgan fingerprint density at radius 3 is 3.00 bits per heavy atom. The summed E-state index contributed by atoms with van der Waals surface area (Å²) in [6.07, 6.45) is 1.00. The van der Waals surface area contributed by atoms with Gasteiger partial charge in [0.05, 0.1) is 16.8 Å². The average molecular weight is 285 g/mol. The number of hydrogen-bond acceptors (Lipinski definition) is 4. The van der Waals surface area contributed by atoms with Crippen molar-refractivity contribution < 1.29 is 4.74 Å². The minimum absolute atomic E-state index is 0.569. The number of fused-ring (bicyclic) bond motifs is 1. The molecule has 0 radical (unpaired) electrons. The molecule has 98 valence electrons. The molecular formula is C13H17ClN2OS. The van der Waals surface area contributed by atoms with Gasteiger partial charge in [-0.25, -0.2) is 4.98 Å². The zero-order chi connectivity index (χ0) is 12.6. The van der Waals surface area contributed by atoms with E-state index in [1.54, 1.807) is 11.3 Å². The summed E-state index contributed by atoms with van der Waals surface area (Å²) in [7, 11) is 0. The van der Waals surface area contributed by atoms with Crippen LogP contribution in [-0.2, 0) is 11.3 Å². The Morgan fingerprint density at radius 2 is 2.17 bits per heavy atom. The van der Waals surface area contributed by atoms with Gasteiger partial charge in [0.2, 0.25) is 0 Å². The number of benzene rings is 1. The number of halogens is 1. The quantitative estimate of drug-likeness (QED) is 0.598. The van der Waals surface area contributed by atoms with E-state index in [-0.39, 0.29) is 0 Å². The van der Waals surface area contributed by atoms with Crippen LogP contribution in [0.3, 0.4) is 0 Å². The molecule has 0 saturated heterocycles. The van der Waals surface area contributed by atoms with Crippen molar-refractivity contribution in [2.75, 3.05) is 25.6 Å². The van der Waals surface area contributed by atoms with Crippen LogP contribution in [0.2, 0.25) is 0 Å². The molecule has 0 aliphatic carbocycles. The van der Waals surface area contributed by atoms with Crippen LogP contribution in [0.15, 0.2) is 24.3 Å². The average Bonchev–Trinajstić information content (AvgIpc) is 2.80. The highest BCUT2D eigenvalue weighted by atomic mass is 35.5. The molecule has 0 bridgehead atoms. The summed E-state index contributed by atoms with van der Waals surface area (Å²) in [6.45, 7) is 3.17. The van der Waals surface area contributed by atoms with Crippen molar-refractivity contribution in [1.82, 2.24) is 10.3 Å². The Balaban J connectivity index is 1.67. The van der Waals surface area contributed by atoms with Gasteiger partial charge in [0.15, 0.2) is 0 Å². The van der Waals surface area contributed by atoms with Crippen LogP contribution in [0, 0.1) is 0 Å². The molecule has 1 aromatic heterocycles. The van der Waals surface area contributed by atoms with Crippen molar-refractivity contribution in [3.8, 4) is 0 Å². The van der Waals surface area contributed by atoms with E-state index in [9.17, 15) is 0 Å². The molecule has 2 aromatic rings. The summed E-state index contributed by atoms with van der Waals surface area (Å²) < 4.78 is 6.55. The van der Waals surface area contributed by atoms with Crippen LogP contribution >= 0.6 is 22.9 Å². The fourth-order valence-corrected chi connectivity index (χ4v) is 2.69. The smallest absolute Gasteiger partial charge is 0.108 e. The van der Waals surface area contributed by atoms with Crippen molar-refractivity contribution in [3.63, 3.8) is 0 Å². The van der Waals surface area contributed by atoms with E-state index in [1.807, 2.05) is 12.1 Å². The van der Waals surface area contributed by atoms with Gasteiger partial charge in [0.25, 0.3) is 0 Å². The SMILES string of the molecule is ClCCOCCCNCc1nc2ccccc2s1. The molecule has 1 heterocycles. The number of nitrogens with one attached hydrogen (secondary N) is 1.